The van der Waals surface area contributed by atoms with Crippen LogP contribution in [0.4, 0.5) is 4.39 Å². The first kappa shape index (κ1) is 85.0. The second kappa shape index (κ2) is 41.7. The lowest BCUT2D eigenvalue weighted by atomic mass is 9.95. The molecule has 2 aliphatic heterocycles. The molecular weight excluding hydrogens is 1470 g/mol. The molecule has 12 amide bonds. The molecule has 586 valence electrons. The number of aromatic hydroxyl groups is 1. The van der Waals surface area contributed by atoms with Gasteiger partial charge in [0.2, 0.25) is 70.9 Å². The van der Waals surface area contributed by atoms with E-state index >= 15 is 18.8 Å². The zero-order valence-electron chi connectivity index (χ0n) is 59.2. The summed E-state index contributed by atoms with van der Waals surface area (Å²) in [6, 6.07) is 0.0679. The number of primary amides is 1. The number of guanidine groups is 1. The number of carbonyl (C=O) groups excluding carboxylic acids is 12. The molecule has 3 fully saturated rings. The summed E-state index contributed by atoms with van der Waals surface area (Å²) in [4.78, 5) is 206. The van der Waals surface area contributed by atoms with Gasteiger partial charge < -0.3 is 101 Å². The monoisotopic (exact) mass is 1560 g/mol. The number of amides is 12. The number of rotatable bonds is 24. The van der Waals surface area contributed by atoms with Gasteiger partial charge in [-0.2, -0.15) is 0 Å². The maximum absolute atomic E-state index is 16.0. The molecule has 11 atom stereocenters. The minimum Gasteiger partial charge on any atom is -0.508 e. The largest absolute Gasteiger partial charge is 0.508 e. The van der Waals surface area contributed by atoms with E-state index < -0.39 is 218 Å². The van der Waals surface area contributed by atoms with Crippen molar-refractivity contribution in [2.24, 2.45) is 33.8 Å². The summed E-state index contributed by atoms with van der Waals surface area (Å²) in [5, 5.41) is 56.0. The molecule has 3 aliphatic rings. The van der Waals surface area contributed by atoms with E-state index in [9.17, 15) is 68.1 Å². The molecule has 1 aromatic heterocycles. The van der Waals surface area contributed by atoms with E-state index in [1.165, 1.54) is 53.6 Å². The predicted molar refractivity (Wildman–Crippen MR) is 397 cm³/mol. The molecule has 4 aromatic rings. The van der Waals surface area contributed by atoms with Crippen molar-refractivity contribution in [2.45, 2.75) is 183 Å². The Morgan fingerprint density at radius 2 is 1.29 bits per heavy atom. The van der Waals surface area contributed by atoms with Crippen molar-refractivity contribution in [1.29, 1.82) is 0 Å². The number of benzene rings is 3. The summed E-state index contributed by atoms with van der Waals surface area (Å²) in [5.74, 6) is -17.2. The fraction of sp³-hybridized carbons (Fsp3) is 0.500. The minimum atomic E-state index is -1.77. The fourth-order valence-electron chi connectivity index (χ4n) is 12.7. The van der Waals surface area contributed by atoms with Gasteiger partial charge in [-0.15, -0.1) is 0 Å². The van der Waals surface area contributed by atoms with Crippen molar-refractivity contribution in [3.63, 3.8) is 0 Å². The summed E-state index contributed by atoms with van der Waals surface area (Å²) in [6.07, 6.45) is -0.652. The molecule has 22 N–H and O–H groups in total. The van der Waals surface area contributed by atoms with E-state index in [1.54, 1.807) is 31.2 Å². The van der Waals surface area contributed by atoms with Crippen molar-refractivity contribution in [3.05, 3.63) is 100 Å². The maximum Gasteiger partial charge on any atom is 0.303 e. The fourth-order valence-corrected chi connectivity index (χ4v) is 15.2. The number of aromatic nitrogens is 1. The number of H-pyrrole nitrogens is 1. The molecule has 38 heteroatoms. The van der Waals surface area contributed by atoms with Gasteiger partial charge in [0, 0.05) is 99.2 Å². The van der Waals surface area contributed by atoms with E-state index in [0.29, 0.717) is 54.1 Å². The van der Waals surface area contributed by atoms with Crippen LogP contribution >= 0.6 is 33.2 Å². The number of nitrogens with one attached hydrogen (secondary N) is 11. The highest BCUT2D eigenvalue weighted by Gasteiger charge is 2.41. The van der Waals surface area contributed by atoms with Gasteiger partial charge in [-0.1, -0.05) is 88.5 Å². The second-order valence-electron chi connectivity index (χ2n) is 26.7. The number of carboxylic acids is 2. The molecule has 0 radical (unpaired) electrons. The lowest BCUT2D eigenvalue weighted by molar-refractivity contribution is -0.140. The Bertz CT molecular complexity index is 3940. The number of aromatic amines is 1. The number of aliphatic imine (C=N–C) groups is 1. The SMILES string of the molecule is C[C@@H](N)CC(=O)N1CCC[C@H]1C(=O)N[C@@H](Cc1ccc(O)cc1)C(=O)N[C@H]1CSSC[C@H](C(N)=O)NC(=O)[C@H](CCC(=O)O)NC(=O)[C@H](Cc2c[nH]c3ccccc23)NC(=O)[C@H](CCC(=O)O)NC(=O)CCNC(=O)[C@H](CCCN=C(N)N)NC(=O)[C@H](Cc2cccc(Cl)c2F)NC(=O)[C@H](C2CCCC2)NC1=O. The van der Waals surface area contributed by atoms with Crippen LogP contribution in [0.25, 0.3) is 10.9 Å². The van der Waals surface area contributed by atoms with Gasteiger partial charge in [-0.25, -0.2) is 4.39 Å². The van der Waals surface area contributed by atoms with Gasteiger partial charge in [0.1, 0.15) is 72.0 Å². The number of nitrogens with zero attached hydrogens (tertiary/aromatic N) is 2. The van der Waals surface area contributed by atoms with Crippen molar-refractivity contribution >= 4 is 133 Å². The first-order valence-corrected chi connectivity index (χ1v) is 38.1. The van der Waals surface area contributed by atoms with Crippen LogP contribution in [0.3, 0.4) is 0 Å². The second-order valence-corrected chi connectivity index (χ2v) is 29.6. The molecule has 2 saturated heterocycles. The Kier molecular flexibility index (Phi) is 32.8. The third-order valence-electron chi connectivity index (χ3n) is 18.3. The van der Waals surface area contributed by atoms with E-state index in [-0.39, 0.29) is 73.9 Å². The summed E-state index contributed by atoms with van der Waals surface area (Å²) >= 11 is 6.23. The summed E-state index contributed by atoms with van der Waals surface area (Å²) < 4.78 is 16.0. The highest BCUT2D eigenvalue weighted by Crippen LogP contribution is 2.30. The van der Waals surface area contributed by atoms with E-state index in [0.717, 1.165) is 21.6 Å². The van der Waals surface area contributed by atoms with Crippen molar-refractivity contribution < 1.29 is 86.8 Å². The number of nitrogens with two attached hydrogens (primary N) is 4. The zero-order chi connectivity index (χ0) is 78.7. The Balaban J connectivity index is 1.29. The first-order chi connectivity index (χ1) is 51.4. The summed E-state index contributed by atoms with van der Waals surface area (Å²) in [7, 11) is 1.67. The number of likely N-dealkylation sites (tertiary alicyclic amines) is 1. The zero-order valence-corrected chi connectivity index (χ0v) is 61.6. The van der Waals surface area contributed by atoms with Crippen LogP contribution in [0.15, 0.2) is 77.9 Å². The molecule has 0 spiro atoms. The average Bonchev–Trinajstić information content (AvgIpc) is 1.56. The number of para-hydroxylation sites is 1. The molecule has 108 heavy (non-hydrogen) atoms. The predicted octanol–water partition coefficient (Wildman–Crippen LogP) is -0.855. The van der Waals surface area contributed by atoms with Gasteiger partial charge in [0.15, 0.2) is 5.96 Å². The number of phenolic OH excluding ortho intramolecular Hbond substituents is 1. The highest BCUT2D eigenvalue weighted by atomic mass is 35.5. The number of phenols is 1. The van der Waals surface area contributed by atoms with Gasteiger partial charge in [0.25, 0.3) is 0 Å². The molecule has 0 unspecified atom stereocenters. The standard InChI is InChI=1S/C70H93ClFN17O17S2/c1-36(73)29-55(92)89-28-8-16-53(89)68(105)84-48(30-37-17-19-41(90)20-18-37)64(101)87-52-35-108-107-34-51(60(74)97)86-63(100)47(22-24-57(95)96)82-66(103)50(32-40-33-79-44-14-5-4-12-42(40)44)83-62(99)46(21-23-56(93)94)80-54(91)25-27-77-61(98)45(15-7-26-78-70(75)76)81-65(102)49(31-39-11-6-13-43(71)58(39)72)85-69(106)59(88-67(52)104)38-9-2-3-10-38/h4-6,11-14,17-20,33,36,38,45-53,59,79,90H,2-3,7-10,15-16,21-32,34-35,73H2,1H3,(H2,74,97)(H,77,98)(H,80,91)(H,81,102)(H,82,103)(H,83,99)(H,84,105)(H,85,106)(H,86,100)(H,87,101)(H,88,104)(H,93,94)(H,95,96)(H4,75,76,78)/t36-,45+,46+,47+,48+,49+,50+,51-,52+,53+,59+/m1/s1. The maximum atomic E-state index is 16.0. The molecule has 1 aliphatic carbocycles. The van der Waals surface area contributed by atoms with Crippen molar-refractivity contribution in [1.82, 2.24) is 63.1 Å². The highest BCUT2D eigenvalue weighted by molar-refractivity contribution is 8.76. The molecule has 0 bridgehead atoms. The number of hydrogen-bond acceptors (Lipinski definition) is 19. The van der Waals surface area contributed by atoms with E-state index in [1.807, 2.05) is 0 Å². The quantitative estimate of drug-likeness (QED) is 0.0176. The van der Waals surface area contributed by atoms with Gasteiger partial charge in [-0.05, 0) is 105 Å². The van der Waals surface area contributed by atoms with E-state index in [2.05, 4.69) is 63.1 Å². The Morgan fingerprint density at radius 1 is 0.685 bits per heavy atom. The van der Waals surface area contributed by atoms with Gasteiger partial charge >= 0.3 is 11.9 Å². The van der Waals surface area contributed by atoms with Crippen molar-refractivity contribution in [3.8, 4) is 5.75 Å². The van der Waals surface area contributed by atoms with Crippen LogP contribution in [0.2, 0.25) is 5.02 Å². The Labute approximate surface area is 633 Å². The van der Waals surface area contributed by atoms with Crippen LogP contribution < -0.4 is 76.1 Å². The molecule has 7 rings (SSSR count). The lowest BCUT2D eigenvalue weighted by Crippen LogP contribution is -2.61. The number of hydrogen-bond donors (Lipinski definition) is 18. The number of carboxylic acid groups (broad SMARTS) is 2. The average molecular weight is 1560 g/mol. The number of aliphatic carboxylic acids is 2. The van der Waals surface area contributed by atoms with Crippen LogP contribution in [0, 0.1) is 11.7 Å². The number of carbonyl (C=O) groups is 14. The number of fused-ring (bicyclic) bond motifs is 1. The Hall–Kier alpha value is -10.3. The molecule has 34 nitrogen and oxygen atoms in total. The first-order valence-electron chi connectivity index (χ1n) is 35.3. The topological polar surface area (TPSA) is 555 Å². The molecular formula is C70H93ClFN17O17S2. The van der Waals surface area contributed by atoms with Crippen LogP contribution in [-0.2, 0) is 86.4 Å². The van der Waals surface area contributed by atoms with Crippen LogP contribution in [0.1, 0.15) is 114 Å². The van der Waals surface area contributed by atoms with Gasteiger partial charge in [-0.3, -0.25) is 72.1 Å². The van der Waals surface area contributed by atoms with E-state index in [4.69, 9.17) is 34.5 Å². The minimum absolute atomic E-state index is 0.0290. The molecule has 3 heterocycles. The molecule has 1 saturated carbocycles. The summed E-state index contributed by atoms with van der Waals surface area (Å²) in [6.45, 7) is 1.28. The molecule has 3 aromatic carbocycles. The van der Waals surface area contributed by atoms with Crippen LogP contribution in [-0.4, -0.2) is 212 Å². The smallest absolute Gasteiger partial charge is 0.303 e. The third-order valence-corrected chi connectivity index (χ3v) is 21.0. The Morgan fingerprint density at radius 3 is 1.94 bits per heavy atom. The van der Waals surface area contributed by atoms with Crippen molar-refractivity contribution in [2.75, 3.05) is 31.1 Å². The normalized spacial score (nSPS) is 23.0. The lowest BCUT2D eigenvalue weighted by Gasteiger charge is -2.30. The summed E-state index contributed by atoms with van der Waals surface area (Å²) in [5.41, 5.74) is 24.3. The van der Waals surface area contributed by atoms with Gasteiger partial charge in [0.05, 0.1) is 5.02 Å². The van der Waals surface area contributed by atoms with Crippen LogP contribution in [0.5, 0.6) is 5.75 Å². The number of halogens is 2. The third kappa shape index (κ3) is 26.3.